The number of hydrogen-bond donors (Lipinski definition) is 3. The van der Waals surface area contributed by atoms with Gasteiger partial charge in [0.2, 0.25) is 16.0 Å². The number of para-hydroxylation sites is 1. The number of nitrogens with one attached hydrogen (secondary N) is 2. The van der Waals surface area contributed by atoms with Gasteiger partial charge in [-0.3, -0.25) is 5.32 Å². The number of ether oxygens (including phenoxy) is 1. The lowest BCUT2D eigenvalue weighted by Gasteiger charge is -2.19. The molecule has 0 bridgehead atoms. The molecule has 0 aliphatic heterocycles. The molecule has 4 aromatic rings. The van der Waals surface area contributed by atoms with Crippen LogP contribution >= 0.6 is 0 Å². The molecule has 4 rings (SSSR count). The lowest BCUT2D eigenvalue weighted by atomic mass is 10.2. The SMILES string of the molecule is CN(c1ccc(NC(=O)Oc2ccccc2)cc1)c1ccnc(Nc2cccc(S(N)(=O)=O)c2)n1. The third-order valence-electron chi connectivity index (χ3n) is 4.86. The number of nitrogens with zero attached hydrogens (tertiary/aromatic N) is 3. The van der Waals surface area contributed by atoms with E-state index in [0.717, 1.165) is 5.69 Å². The Morgan fingerprint density at radius 2 is 1.69 bits per heavy atom. The van der Waals surface area contributed by atoms with Gasteiger partial charge in [0.25, 0.3) is 0 Å². The van der Waals surface area contributed by atoms with Crippen LogP contribution in [-0.4, -0.2) is 31.5 Å². The molecule has 0 fully saturated rings. The Labute approximate surface area is 202 Å². The summed E-state index contributed by atoms with van der Waals surface area (Å²) in [7, 11) is -1.99. The first-order chi connectivity index (χ1) is 16.8. The number of benzene rings is 3. The predicted molar refractivity (Wildman–Crippen MR) is 134 cm³/mol. The number of hydrogen-bond acceptors (Lipinski definition) is 8. The maximum atomic E-state index is 12.1. The van der Waals surface area contributed by atoms with E-state index in [1.54, 1.807) is 60.8 Å². The molecule has 1 heterocycles. The van der Waals surface area contributed by atoms with Crippen molar-refractivity contribution in [2.45, 2.75) is 4.90 Å². The van der Waals surface area contributed by atoms with E-state index in [4.69, 9.17) is 9.88 Å². The molecule has 3 aromatic carbocycles. The molecule has 0 spiro atoms. The van der Waals surface area contributed by atoms with Crippen molar-refractivity contribution in [3.8, 4) is 5.75 Å². The molecule has 0 aliphatic rings. The van der Waals surface area contributed by atoms with Crippen molar-refractivity contribution >= 4 is 44.9 Å². The quantitative estimate of drug-likeness (QED) is 0.349. The summed E-state index contributed by atoms with van der Waals surface area (Å²) >= 11 is 0. The highest BCUT2D eigenvalue weighted by molar-refractivity contribution is 7.89. The Kier molecular flexibility index (Phi) is 6.90. The van der Waals surface area contributed by atoms with E-state index in [1.165, 1.54) is 12.1 Å². The molecule has 0 radical (unpaired) electrons. The van der Waals surface area contributed by atoms with Crippen LogP contribution in [0.3, 0.4) is 0 Å². The van der Waals surface area contributed by atoms with Crippen LogP contribution in [0.4, 0.5) is 33.6 Å². The number of aromatic nitrogens is 2. The minimum absolute atomic E-state index is 0.0166. The smallest absolute Gasteiger partial charge is 0.410 e. The van der Waals surface area contributed by atoms with E-state index in [-0.39, 0.29) is 10.8 Å². The van der Waals surface area contributed by atoms with Gasteiger partial charge in [-0.2, -0.15) is 4.98 Å². The number of primary sulfonamides is 1. The second-order valence-corrected chi connectivity index (χ2v) is 8.93. The minimum atomic E-state index is -3.83. The zero-order valence-corrected chi connectivity index (χ0v) is 19.4. The van der Waals surface area contributed by atoms with Gasteiger partial charge in [0.05, 0.1) is 4.90 Å². The molecule has 11 heteroatoms. The Balaban J connectivity index is 1.43. The first-order valence-electron chi connectivity index (χ1n) is 10.4. The van der Waals surface area contributed by atoms with Crippen LogP contribution in [0.25, 0.3) is 0 Å². The average molecular weight is 491 g/mol. The van der Waals surface area contributed by atoms with Gasteiger partial charge in [0.1, 0.15) is 11.6 Å². The molecule has 0 unspecified atom stereocenters. The highest BCUT2D eigenvalue weighted by Crippen LogP contribution is 2.25. The number of rotatable bonds is 7. The molecular weight excluding hydrogens is 468 g/mol. The van der Waals surface area contributed by atoms with Gasteiger partial charge in [-0.05, 0) is 60.7 Å². The van der Waals surface area contributed by atoms with Crippen molar-refractivity contribution in [2.24, 2.45) is 5.14 Å². The van der Waals surface area contributed by atoms with Crippen LogP contribution in [0.1, 0.15) is 0 Å². The summed E-state index contributed by atoms with van der Waals surface area (Å²) in [5.74, 6) is 1.32. The zero-order chi connectivity index (χ0) is 24.8. The average Bonchev–Trinajstić information content (AvgIpc) is 2.84. The maximum absolute atomic E-state index is 12.1. The topological polar surface area (TPSA) is 140 Å². The monoisotopic (exact) mass is 490 g/mol. The van der Waals surface area contributed by atoms with E-state index >= 15 is 0 Å². The molecule has 4 N–H and O–H groups in total. The molecule has 0 atom stereocenters. The van der Waals surface area contributed by atoms with Gasteiger partial charge in [-0.25, -0.2) is 23.3 Å². The van der Waals surface area contributed by atoms with Crippen molar-refractivity contribution in [3.63, 3.8) is 0 Å². The van der Waals surface area contributed by atoms with Crippen molar-refractivity contribution in [3.05, 3.63) is 91.1 Å². The summed E-state index contributed by atoms with van der Waals surface area (Å²) in [5, 5.41) is 10.9. The van der Waals surface area contributed by atoms with E-state index in [1.807, 2.05) is 30.1 Å². The molecule has 0 saturated carbocycles. The fourth-order valence-electron chi connectivity index (χ4n) is 3.12. The Bertz CT molecular complexity index is 1430. The predicted octanol–water partition coefficient (Wildman–Crippen LogP) is 4.25. The van der Waals surface area contributed by atoms with Crippen LogP contribution in [0.2, 0.25) is 0 Å². The summed E-state index contributed by atoms with van der Waals surface area (Å²) < 4.78 is 28.4. The van der Waals surface area contributed by atoms with Gasteiger partial charge in [0.15, 0.2) is 0 Å². The molecule has 0 aliphatic carbocycles. The highest BCUT2D eigenvalue weighted by Gasteiger charge is 2.11. The molecule has 178 valence electrons. The molecule has 1 aromatic heterocycles. The Morgan fingerprint density at radius 1 is 0.943 bits per heavy atom. The van der Waals surface area contributed by atoms with E-state index in [0.29, 0.717) is 22.9 Å². The first-order valence-corrected chi connectivity index (χ1v) is 11.9. The second-order valence-electron chi connectivity index (χ2n) is 7.37. The van der Waals surface area contributed by atoms with Crippen molar-refractivity contribution in [1.82, 2.24) is 9.97 Å². The number of nitrogens with two attached hydrogens (primary N) is 1. The van der Waals surface area contributed by atoms with Crippen molar-refractivity contribution < 1.29 is 17.9 Å². The first kappa shape index (κ1) is 23.7. The van der Waals surface area contributed by atoms with Crippen LogP contribution in [0, 0.1) is 0 Å². The third-order valence-corrected chi connectivity index (χ3v) is 5.77. The van der Waals surface area contributed by atoms with E-state index in [9.17, 15) is 13.2 Å². The normalized spacial score (nSPS) is 10.9. The summed E-state index contributed by atoms with van der Waals surface area (Å²) in [6.45, 7) is 0. The summed E-state index contributed by atoms with van der Waals surface area (Å²) in [6.07, 6.45) is 0.996. The molecule has 0 saturated heterocycles. The number of amides is 1. The van der Waals surface area contributed by atoms with Crippen molar-refractivity contribution in [2.75, 3.05) is 22.6 Å². The van der Waals surface area contributed by atoms with E-state index < -0.39 is 16.1 Å². The number of carbonyl (C=O) groups is 1. The largest absolute Gasteiger partial charge is 0.417 e. The minimum Gasteiger partial charge on any atom is -0.410 e. The van der Waals surface area contributed by atoms with Crippen molar-refractivity contribution in [1.29, 1.82) is 0 Å². The fourth-order valence-corrected chi connectivity index (χ4v) is 3.68. The lowest BCUT2D eigenvalue weighted by molar-refractivity contribution is 0.215. The maximum Gasteiger partial charge on any atom is 0.417 e. The highest BCUT2D eigenvalue weighted by atomic mass is 32.2. The number of sulfonamides is 1. The summed E-state index contributed by atoms with van der Waals surface area (Å²) in [5.41, 5.74) is 1.87. The van der Waals surface area contributed by atoms with Crippen LogP contribution in [-0.2, 0) is 10.0 Å². The Hall–Kier alpha value is -4.48. The van der Waals surface area contributed by atoms with Gasteiger partial charge >= 0.3 is 6.09 Å². The summed E-state index contributed by atoms with van der Waals surface area (Å²) in [4.78, 5) is 22.6. The molecule has 35 heavy (non-hydrogen) atoms. The molecule has 10 nitrogen and oxygen atoms in total. The van der Waals surface area contributed by atoms with Crippen LogP contribution in [0.5, 0.6) is 5.75 Å². The number of carbonyl (C=O) groups excluding carboxylic acids is 1. The van der Waals surface area contributed by atoms with Gasteiger partial charge < -0.3 is 15.0 Å². The van der Waals surface area contributed by atoms with Crippen LogP contribution in [0.15, 0.2) is 96.0 Å². The third kappa shape index (κ3) is 6.31. The standard InChI is InChI=1S/C24H22N6O4S/c1-30(19-12-10-17(11-13-19)28-24(31)34-20-7-3-2-4-8-20)22-14-15-26-23(29-22)27-18-6-5-9-21(16-18)35(25,32)33/h2-16H,1H3,(H,28,31)(H2,25,32,33)(H,26,27,29). The second kappa shape index (κ2) is 10.2. The van der Waals surface area contributed by atoms with Gasteiger partial charge in [-0.15, -0.1) is 0 Å². The Morgan fingerprint density at radius 3 is 2.40 bits per heavy atom. The molecular formula is C24H22N6O4S. The van der Waals surface area contributed by atoms with Crippen LogP contribution < -0.4 is 25.4 Å². The van der Waals surface area contributed by atoms with Gasteiger partial charge in [-0.1, -0.05) is 24.3 Å². The van der Waals surface area contributed by atoms with Gasteiger partial charge in [0, 0.05) is 30.3 Å². The van der Waals surface area contributed by atoms with E-state index in [2.05, 4.69) is 20.6 Å². The fraction of sp³-hybridized carbons (Fsp3) is 0.0417. The number of anilines is 5. The summed E-state index contributed by atoms with van der Waals surface area (Å²) in [6, 6.07) is 23.7. The molecule has 1 amide bonds. The lowest BCUT2D eigenvalue weighted by Crippen LogP contribution is -2.17. The zero-order valence-electron chi connectivity index (χ0n) is 18.6.